The molecule has 0 saturated carbocycles. The number of azo groups is 1. The number of carbonyl (C=O) groups is 2. The molecule has 0 aliphatic carbocycles. The van der Waals surface area contributed by atoms with Gasteiger partial charge in [-0.1, -0.05) is 23.2 Å². The van der Waals surface area contributed by atoms with Gasteiger partial charge in [-0.25, -0.2) is 0 Å². The van der Waals surface area contributed by atoms with E-state index >= 15 is 0 Å². The molecular formula is C22H25Cl2N3O6. The third-order valence-electron chi connectivity index (χ3n) is 4.27. The zero-order valence-corrected chi connectivity index (χ0v) is 20.4. The number of anilines is 1. The second-order valence-electron chi connectivity index (χ2n) is 6.49. The third-order valence-corrected chi connectivity index (χ3v) is 4.88. The van der Waals surface area contributed by atoms with Crippen LogP contribution in [0.3, 0.4) is 0 Å². The SMILES string of the molecule is CCOc1cc(Cl)c(NC(=O)C(N=Nc2c(OC)ccc(Cl)c2OC)C(C)=O)cc1OCC. The van der Waals surface area contributed by atoms with Crippen LogP contribution in [0.5, 0.6) is 23.0 Å². The quantitative estimate of drug-likeness (QED) is 0.324. The van der Waals surface area contributed by atoms with E-state index in [0.29, 0.717) is 30.5 Å². The summed E-state index contributed by atoms with van der Waals surface area (Å²) in [6.45, 7) is 5.65. The molecule has 0 saturated heterocycles. The summed E-state index contributed by atoms with van der Waals surface area (Å²) in [5.74, 6) is 0.0544. The van der Waals surface area contributed by atoms with Gasteiger partial charge in [0, 0.05) is 12.1 Å². The van der Waals surface area contributed by atoms with E-state index in [-0.39, 0.29) is 27.2 Å². The van der Waals surface area contributed by atoms with Crippen molar-refractivity contribution in [2.24, 2.45) is 10.2 Å². The first kappa shape index (κ1) is 26.2. The Morgan fingerprint density at radius 3 is 2.15 bits per heavy atom. The number of ether oxygens (including phenoxy) is 4. The number of ketones is 1. The van der Waals surface area contributed by atoms with Gasteiger partial charge in [0.2, 0.25) is 6.04 Å². The molecular weight excluding hydrogens is 473 g/mol. The first-order valence-corrected chi connectivity index (χ1v) is 10.7. The van der Waals surface area contributed by atoms with Crippen LogP contribution < -0.4 is 24.3 Å². The lowest BCUT2D eigenvalue weighted by molar-refractivity contribution is -0.126. The number of carbonyl (C=O) groups excluding carboxylic acids is 2. The molecule has 0 aliphatic rings. The Labute approximate surface area is 202 Å². The number of benzene rings is 2. The summed E-state index contributed by atoms with van der Waals surface area (Å²) in [5.41, 5.74) is 0.372. The topological polar surface area (TPSA) is 108 Å². The maximum Gasteiger partial charge on any atom is 0.258 e. The van der Waals surface area contributed by atoms with Crippen molar-refractivity contribution in [3.63, 3.8) is 0 Å². The van der Waals surface area contributed by atoms with Crippen molar-refractivity contribution in [1.29, 1.82) is 0 Å². The Balaban J connectivity index is 2.37. The number of rotatable bonds is 11. The lowest BCUT2D eigenvalue weighted by atomic mass is 10.2. The molecule has 1 N–H and O–H groups in total. The van der Waals surface area contributed by atoms with Gasteiger partial charge in [0.25, 0.3) is 5.91 Å². The molecule has 2 aromatic carbocycles. The lowest BCUT2D eigenvalue weighted by Gasteiger charge is -2.16. The van der Waals surface area contributed by atoms with E-state index in [1.165, 1.54) is 33.3 Å². The molecule has 2 aromatic rings. The summed E-state index contributed by atoms with van der Waals surface area (Å²) in [6.07, 6.45) is 0. The normalized spacial score (nSPS) is 11.7. The Morgan fingerprint density at radius 2 is 1.61 bits per heavy atom. The summed E-state index contributed by atoms with van der Waals surface area (Å²) >= 11 is 12.4. The van der Waals surface area contributed by atoms with Gasteiger partial charge in [0.15, 0.2) is 28.7 Å². The van der Waals surface area contributed by atoms with Crippen molar-refractivity contribution in [2.45, 2.75) is 26.8 Å². The van der Waals surface area contributed by atoms with Crippen LogP contribution in [0.4, 0.5) is 11.4 Å². The Hall–Kier alpha value is -3.04. The Bertz CT molecular complexity index is 1050. The molecule has 0 aliphatic heterocycles. The summed E-state index contributed by atoms with van der Waals surface area (Å²) < 4.78 is 21.6. The number of nitrogens with one attached hydrogen (secondary N) is 1. The van der Waals surface area contributed by atoms with E-state index < -0.39 is 17.7 Å². The molecule has 2 rings (SSSR count). The fourth-order valence-corrected chi connectivity index (χ4v) is 3.22. The van der Waals surface area contributed by atoms with Gasteiger partial charge in [-0.2, -0.15) is 5.11 Å². The Morgan fingerprint density at radius 1 is 0.970 bits per heavy atom. The highest BCUT2D eigenvalue weighted by atomic mass is 35.5. The van der Waals surface area contributed by atoms with Gasteiger partial charge >= 0.3 is 0 Å². The van der Waals surface area contributed by atoms with E-state index in [0.717, 1.165) is 0 Å². The molecule has 0 aromatic heterocycles. The lowest BCUT2D eigenvalue weighted by Crippen LogP contribution is -2.32. The van der Waals surface area contributed by atoms with Crippen LogP contribution in [0.15, 0.2) is 34.5 Å². The summed E-state index contributed by atoms with van der Waals surface area (Å²) in [5, 5.41) is 11.0. The van der Waals surface area contributed by atoms with Gasteiger partial charge in [-0.15, -0.1) is 5.11 Å². The monoisotopic (exact) mass is 497 g/mol. The van der Waals surface area contributed by atoms with Crippen LogP contribution in [0.25, 0.3) is 0 Å². The molecule has 0 heterocycles. The van der Waals surface area contributed by atoms with Crippen LogP contribution in [-0.4, -0.2) is 45.2 Å². The average molecular weight is 498 g/mol. The van der Waals surface area contributed by atoms with E-state index in [1.807, 2.05) is 13.8 Å². The second kappa shape index (κ2) is 12.3. The first-order valence-electron chi connectivity index (χ1n) is 9.99. The van der Waals surface area contributed by atoms with E-state index in [1.54, 1.807) is 12.1 Å². The molecule has 0 fully saturated rings. The summed E-state index contributed by atoms with van der Waals surface area (Å²) in [4.78, 5) is 25.1. The van der Waals surface area contributed by atoms with Crippen molar-refractivity contribution in [1.82, 2.24) is 0 Å². The van der Waals surface area contributed by atoms with Gasteiger partial charge in [-0.05, 0) is 32.9 Å². The molecule has 11 heteroatoms. The minimum absolute atomic E-state index is 0.143. The van der Waals surface area contributed by atoms with Crippen LogP contribution in [0, 0.1) is 0 Å². The van der Waals surface area contributed by atoms with Crippen molar-refractivity contribution in [3.05, 3.63) is 34.3 Å². The molecule has 1 atom stereocenters. The maximum atomic E-state index is 12.9. The molecule has 9 nitrogen and oxygen atoms in total. The highest BCUT2D eigenvalue weighted by Crippen LogP contribution is 2.43. The van der Waals surface area contributed by atoms with Gasteiger partial charge in [-0.3, -0.25) is 9.59 Å². The van der Waals surface area contributed by atoms with Crippen LogP contribution >= 0.6 is 23.2 Å². The fourth-order valence-electron chi connectivity index (χ4n) is 2.78. The number of halogens is 2. The number of methoxy groups -OCH3 is 2. The molecule has 0 radical (unpaired) electrons. The Kier molecular flexibility index (Phi) is 9.74. The predicted octanol–water partition coefficient (Wildman–Crippen LogP) is 5.49. The zero-order chi connectivity index (χ0) is 24.5. The maximum absolute atomic E-state index is 12.9. The second-order valence-corrected chi connectivity index (χ2v) is 7.31. The zero-order valence-electron chi connectivity index (χ0n) is 18.9. The van der Waals surface area contributed by atoms with Gasteiger partial charge in [0.05, 0.1) is 43.2 Å². The van der Waals surface area contributed by atoms with Crippen LogP contribution in [-0.2, 0) is 9.59 Å². The average Bonchev–Trinajstić information content (AvgIpc) is 2.77. The minimum Gasteiger partial charge on any atom is -0.494 e. The number of Topliss-reactive ketones (excluding diaryl/α,β-unsaturated/α-hetero) is 1. The summed E-state index contributed by atoms with van der Waals surface area (Å²) in [7, 11) is 2.83. The van der Waals surface area contributed by atoms with E-state index in [4.69, 9.17) is 42.1 Å². The molecule has 0 bridgehead atoms. The van der Waals surface area contributed by atoms with Gasteiger partial charge < -0.3 is 24.3 Å². The molecule has 33 heavy (non-hydrogen) atoms. The third kappa shape index (κ3) is 6.49. The molecule has 0 spiro atoms. The first-order chi connectivity index (χ1) is 15.8. The standard InChI is InChI=1S/C22H25Cl2N3O6/c1-6-32-17-10-14(24)15(11-18(17)33-7-2)25-22(29)19(12(3)28)26-27-20-16(30-4)9-8-13(23)21(20)31-5/h8-11,19H,6-7H2,1-5H3,(H,25,29). The molecule has 1 amide bonds. The van der Waals surface area contributed by atoms with Crippen molar-refractivity contribution in [2.75, 3.05) is 32.8 Å². The predicted molar refractivity (Wildman–Crippen MR) is 126 cm³/mol. The molecule has 1 unspecified atom stereocenters. The number of nitrogens with zero attached hydrogens (tertiary/aromatic N) is 2. The van der Waals surface area contributed by atoms with E-state index in [2.05, 4.69) is 15.5 Å². The highest BCUT2D eigenvalue weighted by molar-refractivity contribution is 6.34. The van der Waals surface area contributed by atoms with Crippen molar-refractivity contribution < 1.29 is 28.5 Å². The van der Waals surface area contributed by atoms with Crippen molar-refractivity contribution >= 4 is 46.3 Å². The number of amides is 1. The largest absolute Gasteiger partial charge is 0.494 e. The summed E-state index contributed by atoms with van der Waals surface area (Å²) in [6, 6.07) is 4.72. The number of hydrogen-bond donors (Lipinski definition) is 1. The van der Waals surface area contributed by atoms with Crippen molar-refractivity contribution in [3.8, 4) is 23.0 Å². The van der Waals surface area contributed by atoms with Gasteiger partial charge in [0.1, 0.15) is 5.75 Å². The van der Waals surface area contributed by atoms with E-state index in [9.17, 15) is 9.59 Å². The van der Waals surface area contributed by atoms with Crippen LogP contribution in [0.2, 0.25) is 10.0 Å². The van der Waals surface area contributed by atoms with Crippen LogP contribution in [0.1, 0.15) is 20.8 Å². The minimum atomic E-state index is -1.46. The fraction of sp³-hybridized carbons (Fsp3) is 0.364. The highest BCUT2D eigenvalue weighted by Gasteiger charge is 2.25. The molecule has 178 valence electrons. The smallest absolute Gasteiger partial charge is 0.258 e. The number of hydrogen-bond acceptors (Lipinski definition) is 8.